The molecule has 0 N–H and O–H groups in total. The van der Waals surface area contributed by atoms with Crippen LogP contribution in [0.3, 0.4) is 0 Å². The van der Waals surface area contributed by atoms with Gasteiger partial charge in [-0.25, -0.2) is 0 Å². The number of halogens is 1. The van der Waals surface area contributed by atoms with Crippen molar-refractivity contribution >= 4 is 27.5 Å². The molecule has 2 fully saturated rings. The van der Waals surface area contributed by atoms with E-state index in [0.717, 1.165) is 24.1 Å². The zero-order valence-electron chi connectivity index (χ0n) is 12.4. The molecular formula is C17H23BrN2O. The van der Waals surface area contributed by atoms with E-state index in [1.54, 1.807) is 0 Å². The molecule has 21 heavy (non-hydrogen) atoms. The zero-order chi connectivity index (χ0) is 14.7. The first-order valence-corrected chi connectivity index (χ1v) is 9.06. The topological polar surface area (TPSA) is 23.6 Å². The number of benzene rings is 1. The monoisotopic (exact) mass is 350 g/mol. The van der Waals surface area contributed by atoms with Gasteiger partial charge in [0.2, 0.25) is 5.91 Å². The summed E-state index contributed by atoms with van der Waals surface area (Å²) in [5.41, 5.74) is 2.39. The lowest BCUT2D eigenvalue weighted by Crippen LogP contribution is -2.29. The van der Waals surface area contributed by atoms with Crippen molar-refractivity contribution in [2.24, 2.45) is 5.92 Å². The molecule has 2 aliphatic rings. The third-order valence-corrected chi connectivity index (χ3v) is 5.42. The molecule has 1 atom stereocenters. The molecule has 3 rings (SSSR count). The van der Waals surface area contributed by atoms with Crippen LogP contribution < -0.4 is 4.90 Å². The Morgan fingerprint density at radius 2 is 2.00 bits per heavy atom. The Balaban J connectivity index is 1.69. The van der Waals surface area contributed by atoms with Gasteiger partial charge in [-0.3, -0.25) is 9.69 Å². The van der Waals surface area contributed by atoms with Crippen LogP contribution in [0.5, 0.6) is 0 Å². The lowest BCUT2D eigenvalue weighted by atomic mass is 10.1. The number of hydrogen-bond donors (Lipinski definition) is 0. The Hall–Kier alpha value is -0.870. The first-order chi connectivity index (χ1) is 10.3. The number of hydrogen-bond acceptors (Lipinski definition) is 2. The molecule has 3 nitrogen and oxygen atoms in total. The van der Waals surface area contributed by atoms with Gasteiger partial charge in [0.05, 0.1) is 0 Å². The second kappa shape index (κ2) is 6.93. The molecule has 0 aromatic heterocycles. The van der Waals surface area contributed by atoms with Crippen molar-refractivity contribution in [2.45, 2.75) is 32.2 Å². The number of likely N-dealkylation sites (tertiary alicyclic amines) is 1. The fourth-order valence-electron chi connectivity index (χ4n) is 3.33. The van der Waals surface area contributed by atoms with Crippen molar-refractivity contribution < 1.29 is 4.79 Å². The largest absolute Gasteiger partial charge is 0.312 e. The summed E-state index contributed by atoms with van der Waals surface area (Å²) >= 11 is 3.50. The minimum absolute atomic E-state index is 0.259. The van der Waals surface area contributed by atoms with Crippen molar-refractivity contribution in [2.75, 3.05) is 29.9 Å². The second-order valence-corrected chi connectivity index (χ2v) is 6.88. The summed E-state index contributed by atoms with van der Waals surface area (Å²) in [7, 11) is 0. The molecule has 1 aromatic carbocycles. The molecule has 0 radical (unpaired) electrons. The van der Waals surface area contributed by atoms with Crippen molar-refractivity contribution in [3.05, 3.63) is 29.8 Å². The lowest BCUT2D eigenvalue weighted by molar-refractivity contribution is -0.117. The third kappa shape index (κ3) is 3.67. The maximum Gasteiger partial charge on any atom is 0.227 e. The maximum atomic E-state index is 12.1. The van der Waals surface area contributed by atoms with Gasteiger partial charge in [0.15, 0.2) is 0 Å². The van der Waals surface area contributed by atoms with Crippen molar-refractivity contribution in [1.82, 2.24) is 4.90 Å². The third-order valence-electron chi connectivity index (χ3n) is 4.50. The molecule has 4 heteroatoms. The predicted octanol–water partition coefficient (Wildman–Crippen LogP) is 3.42. The van der Waals surface area contributed by atoms with E-state index >= 15 is 0 Å². The minimum Gasteiger partial charge on any atom is -0.312 e. The van der Waals surface area contributed by atoms with Crippen LogP contribution in [0.25, 0.3) is 0 Å². The molecule has 0 saturated carbocycles. The number of nitrogens with zero attached hydrogens (tertiary/aromatic N) is 2. The van der Waals surface area contributed by atoms with Gasteiger partial charge in [-0.2, -0.15) is 0 Å². The highest BCUT2D eigenvalue weighted by Gasteiger charge is 2.29. The number of alkyl halides is 1. The highest BCUT2D eigenvalue weighted by molar-refractivity contribution is 9.09. The fourth-order valence-corrected chi connectivity index (χ4v) is 3.77. The minimum atomic E-state index is 0.259. The van der Waals surface area contributed by atoms with Gasteiger partial charge in [-0.15, -0.1) is 0 Å². The number of anilines is 1. The van der Waals surface area contributed by atoms with Gasteiger partial charge in [0.1, 0.15) is 0 Å². The van der Waals surface area contributed by atoms with Gasteiger partial charge >= 0.3 is 0 Å². The lowest BCUT2D eigenvalue weighted by Gasteiger charge is -2.27. The van der Waals surface area contributed by atoms with Crippen LogP contribution in [-0.2, 0) is 11.3 Å². The molecule has 0 spiro atoms. The Bertz CT molecular complexity index is 499. The number of carbonyl (C=O) groups excluding carboxylic acids is 1. The van der Waals surface area contributed by atoms with Crippen molar-refractivity contribution in [3.8, 4) is 0 Å². The molecule has 0 aliphatic carbocycles. The average Bonchev–Trinajstić information content (AvgIpc) is 2.90. The van der Waals surface area contributed by atoms with Crippen LogP contribution in [0.2, 0.25) is 0 Å². The highest BCUT2D eigenvalue weighted by Crippen LogP contribution is 2.27. The quantitative estimate of drug-likeness (QED) is 0.776. The molecule has 2 saturated heterocycles. The Labute approximate surface area is 135 Å². The van der Waals surface area contributed by atoms with E-state index in [1.807, 2.05) is 4.90 Å². The molecule has 1 aromatic rings. The Morgan fingerprint density at radius 3 is 2.71 bits per heavy atom. The van der Waals surface area contributed by atoms with E-state index in [0.29, 0.717) is 12.3 Å². The second-order valence-electron chi connectivity index (χ2n) is 6.24. The van der Waals surface area contributed by atoms with Crippen LogP contribution in [0.4, 0.5) is 5.69 Å². The summed E-state index contributed by atoms with van der Waals surface area (Å²) < 4.78 is 0. The zero-order valence-corrected chi connectivity index (χ0v) is 14.0. The standard InChI is InChI=1S/C17H23BrN2O/c18-11-15-10-17(21)20(13-15)16-6-4-5-14(9-16)12-19-7-2-1-3-8-19/h4-6,9,15H,1-3,7-8,10-13H2. The Kier molecular flexibility index (Phi) is 4.96. The Morgan fingerprint density at radius 1 is 1.19 bits per heavy atom. The van der Waals surface area contributed by atoms with E-state index in [4.69, 9.17) is 0 Å². The van der Waals surface area contributed by atoms with Gasteiger partial charge in [0, 0.05) is 30.5 Å². The van der Waals surface area contributed by atoms with Crippen LogP contribution >= 0.6 is 15.9 Å². The van der Waals surface area contributed by atoms with Crippen LogP contribution in [0.15, 0.2) is 24.3 Å². The summed E-state index contributed by atoms with van der Waals surface area (Å²) in [5.74, 6) is 0.706. The summed E-state index contributed by atoms with van der Waals surface area (Å²) in [5, 5.41) is 0.905. The smallest absolute Gasteiger partial charge is 0.227 e. The molecule has 2 heterocycles. The van der Waals surface area contributed by atoms with Gasteiger partial charge in [0.25, 0.3) is 0 Å². The summed E-state index contributed by atoms with van der Waals surface area (Å²) in [6.45, 7) is 4.27. The van der Waals surface area contributed by atoms with Crippen LogP contribution in [-0.4, -0.2) is 35.8 Å². The molecule has 1 amide bonds. The predicted molar refractivity (Wildman–Crippen MR) is 89.8 cm³/mol. The maximum absolute atomic E-state index is 12.1. The number of carbonyl (C=O) groups is 1. The van der Waals surface area contributed by atoms with E-state index in [1.165, 1.54) is 37.9 Å². The van der Waals surface area contributed by atoms with E-state index in [2.05, 4.69) is 45.1 Å². The molecule has 0 bridgehead atoms. The molecular weight excluding hydrogens is 328 g/mol. The first-order valence-electron chi connectivity index (χ1n) is 7.94. The van der Waals surface area contributed by atoms with Gasteiger partial charge in [-0.1, -0.05) is 34.5 Å². The van der Waals surface area contributed by atoms with E-state index in [-0.39, 0.29) is 5.91 Å². The SMILES string of the molecule is O=C1CC(CBr)CN1c1cccc(CN2CCCCC2)c1. The number of piperidine rings is 1. The van der Waals surface area contributed by atoms with Crippen molar-refractivity contribution in [3.63, 3.8) is 0 Å². The number of amides is 1. The summed E-state index contributed by atoms with van der Waals surface area (Å²) in [6, 6.07) is 8.53. The van der Waals surface area contributed by atoms with Gasteiger partial charge < -0.3 is 4.90 Å². The van der Waals surface area contributed by atoms with Gasteiger partial charge in [-0.05, 0) is 49.5 Å². The van der Waals surface area contributed by atoms with E-state index in [9.17, 15) is 4.79 Å². The molecule has 114 valence electrons. The van der Waals surface area contributed by atoms with Crippen LogP contribution in [0.1, 0.15) is 31.2 Å². The first kappa shape index (κ1) is 15.0. The average molecular weight is 351 g/mol. The molecule has 1 unspecified atom stereocenters. The normalized spacial score (nSPS) is 23.8. The summed E-state index contributed by atoms with van der Waals surface area (Å²) in [6.07, 6.45) is 4.67. The van der Waals surface area contributed by atoms with Crippen molar-refractivity contribution in [1.29, 1.82) is 0 Å². The molecule has 2 aliphatic heterocycles. The summed E-state index contributed by atoms with van der Waals surface area (Å²) in [4.78, 5) is 16.6. The van der Waals surface area contributed by atoms with E-state index < -0.39 is 0 Å². The highest BCUT2D eigenvalue weighted by atomic mass is 79.9. The fraction of sp³-hybridized carbons (Fsp3) is 0.588. The van der Waals surface area contributed by atoms with Crippen LogP contribution in [0, 0.1) is 5.92 Å². The number of rotatable bonds is 4.